The number of rotatable bonds is 3. The molecule has 0 radical (unpaired) electrons. The van der Waals surface area contributed by atoms with Crippen LogP contribution < -0.4 is 4.90 Å². The number of phenols is 1. The van der Waals surface area contributed by atoms with E-state index in [1.54, 1.807) is 18.2 Å². The number of amides is 1. The molecule has 88 valence electrons. The summed E-state index contributed by atoms with van der Waals surface area (Å²) in [5.41, 5.74) is 0.619. The van der Waals surface area contributed by atoms with Gasteiger partial charge in [0.1, 0.15) is 12.1 Å². The van der Waals surface area contributed by atoms with Crippen LogP contribution in [0.3, 0.4) is 0 Å². The smallest absolute Gasteiger partial charge is 0.295 e. The van der Waals surface area contributed by atoms with E-state index in [-0.39, 0.29) is 17.5 Å². The van der Waals surface area contributed by atoms with Gasteiger partial charge in [-0.25, -0.2) is 4.98 Å². The molecule has 0 aliphatic rings. The van der Waals surface area contributed by atoms with E-state index in [1.165, 1.54) is 17.3 Å². The van der Waals surface area contributed by atoms with Crippen molar-refractivity contribution in [2.45, 2.75) is 6.92 Å². The molecule has 1 aromatic heterocycles. The number of aromatic hydroxyl groups is 1. The van der Waals surface area contributed by atoms with Crippen molar-refractivity contribution in [1.82, 2.24) is 15.2 Å². The predicted molar refractivity (Wildman–Crippen MR) is 61.8 cm³/mol. The predicted octanol–water partition coefficient (Wildman–Crippen LogP) is 1.18. The molecule has 0 aliphatic heterocycles. The van der Waals surface area contributed by atoms with Crippen LogP contribution in [-0.2, 0) is 0 Å². The summed E-state index contributed by atoms with van der Waals surface area (Å²) >= 11 is 0. The second-order valence-corrected chi connectivity index (χ2v) is 3.40. The van der Waals surface area contributed by atoms with Gasteiger partial charge in [0.15, 0.2) is 0 Å². The molecule has 0 saturated carbocycles. The Morgan fingerprint density at radius 3 is 2.94 bits per heavy atom. The summed E-state index contributed by atoms with van der Waals surface area (Å²) < 4.78 is 0. The van der Waals surface area contributed by atoms with Gasteiger partial charge in [0.2, 0.25) is 5.82 Å². The zero-order valence-corrected chi connectivity index (χ0v) is 9.29. The van der Waals surface area contributed by atoms with E-state index in [4.69, 9.17) is 0 Å². The lowest BCUT2D eigenvalue weighted by Crippen LogP contribution is -2.31. The number of nitrogens with one attached hydrogen (secondary N) is 1. The molecule has 0 aliphatic carbocycles. The van der Waals surface area contributed by atoms with Crippen LogP contribution in [0, 0.1) is 0 Å². The van der Waals surface area contributed by atoms with Crippen molar-refractivity contribution in [2.24, 2.45) is 0 Å². The highest BCUT2D eigenvalue weighted by atomic mass is 16.3. The van der Waals surface area contributed by atoms with Gasteiger partial charge in [0, 0.05) is 18.3 Å². The Hall–Kier alpha value is -2.37. The van der Waals surface area contributed by atoms with Crippen LogP contribution >= 0.6 is 0 Å². The first kappa shape index (κ1) is 11.1. The first-order valence-corrected chi connectivity index (χ1v) is 5.18. The molecular formula is C11H12N4O2. The maximum atomic E-state index is 12.1. The van der Waals surface area contributed by atoms with Crippen LogP contribution in [0.15, 0.2) is 30.6 Å². The summed E-state index contributed by atoms with van der Waals surface area (Å²) in [5.74, 6) is 0.0112. The Bertz CT molecular complexity index is 510. The Labute approximate surface area is 97.9 Å². The Balaban J connectivity index is 2.31. The molecule has 0 spiro atoms. The number of carbonyl (C=O) groups excluding carboxylic acids is 1. The highest BCUT2D eigenvalue weighted by Gasteiger charge is 2.18. The highest BCUT2D eigenvalue weighted by molar-refractivity contribution is 6.03. The average molecular weight is 232 g/mol. The fourth-order valence-corrected chi connectivity index (χ4v) is 1.54. The minimum Gasteiger partial charge on any atom is -0.508 e. The van der Waals surface area contributed by atoms with Crippen molar-refractivity contribution in [1.29, 1.82) is 0 Å². The van der Waals surface area contributed by atoms with Crippen molar-refractivity contribution < 1.29 is 9.90 Å². The fourth-order valence-electron chi connectivity index (χ4n) is 1.54. The minimum absolute atomic E-state index is 0.117. The van der Waals surface area contributed by atoms with Gasteiger partial charge in [-0.15, -0.1) is 0 Å². The minimum atomic E-state index is -0.282. The molecule has 1 heterocycles. The zero-order valence-electron chi connectivity index (χ0n) is 9.29. The number of hydrogen-bond donors (Lipinski definition) is 2. The molecule has 6 heteroatoms. The number of hydrogen-bond acceptors (Lipinski definition) is 4. The Morgan fingerprint density at radius 1 is 1.53 bits per heavy atom. The number of benzene rings is 1. The number of H-pyrrole nitrogens is 1. The summed E-state index contributed by atoms with van der Waals surface area (Å²) in [5, 5.41) is 15.6. The number of aromatic nitrogens is 3. The molecule has 0 saturated heterocycles. The molecule has 2 N–H and O–H groups in total. The number of aromatic amines is 1. The fraction of sp³-hybridized carbons (Fsp3) is 0.182. The number of phenolic OH excluding ortho intramolecular Hbond substituents is 1. The van der Waals surface area contributed by atoms with E-state index < -0.39 is 0 Å². The highest BCUT2D eigenvalue weighted by Crippen LogP contribution is 2.20. The summed E-state index contributed by atoms with van der Waals surface area (Å²) in [6, 6.07) is 6.51. The van der Waals surface area contributed by atoms with Gasteiger partial charge in [-0.1, -0.05) is 6.07 Å². The van der Waals surface area contributed by atoms with Crippen LogP contribution in [-0.4, -0.2) is 32.7 Å². The molecule has 1 aromatic carbocycles. The maximum absolute atomic E-state index is 12.1. The molecule has 0 bridgehead atoms. The average Bonchev–Trinajstić information content (AvgIpc) is 2.83. The van der Waals surface area contributed by atoms with E-state index in [0.717, 1.165) is 0 Å². The Kier molecular flexibility index (Phi) is 3.04. The molecule has 2 aromatic rings. The van der Waals surface area contributed by atoms with Crippen LogP contribution in [0.5, 0.6) is 5.75 Å². The van der Waals surface area contributed by atoms with Crippen LogP contribution in [0.4, 0.5) is 5.69 Å². The lowest BCUT2D eigenvalue weighted by molar-refractivity contribution is 0.0979. The monoisotopic (exact) mass is 232 g/mol. The van der Waals surface area contributed by atoms with E-state index in [1.807, 2.05) is 6.92 Å². The van der Waals surface area contributed by atoms with E-state index in [9.17, 15) is 9.90 Å². The molecule has 0 unspecified atom stereocenters. The molecule has 2 rings (SSSR count). The quantitative estimate of drug-likeness (QED) is 0.832. The third-order valence-corrected chi connectivity index (χ3v) is 2.32. The van der Waals surface area contributed by atoms with Gasteiger partial charge in [0.25, 0.3) is 5.91 Å². The molecular weight excluding hydrogens is 220 g/mol. The standard InChI is InChI=1S/C11H12N4O2/c1-2-15(8-4-3-5-9(16)6-8)11(17)10-12-7-13-14-10/h3-7,16H,2H2,1H3,(H,12,13,14). The Morgan fingerprint density at radius 2 is 2.35 bits per heavy atom. The van der Waals surface area contributed by atoms with Gasteiger partial charge in [-0.2, -0.15) is 5.10 Å². The molecule has 0 atom stereocenters. The molecule has 0 fully saturated rings. The van der Waals surface area contributed by atoms with Gasteiger partial charge >= 0.3 is 0 Å². The third-order valence-electron chi connectivity index (χ3n) is 2.32. The number of nitrogens with zero attached hydrogens (tertiary/aromatic N) is 3. The lowest BCUT2D eigenvalue weighted by atomic mass is 10.2. The summed E-state index contributed by atoms with van der Waals surface area (Å²) in [6.45, 7) is 2.32. The SMILES string of the molecule is CCN(C(=O)c1ncn[nH]1)c1cccc(O)c1. The van der Waals surface area contributed by atoms with E-state index >= 15 is 0 Å². The van der Waals surface area contributed by atoms with E-state index in [0.29, 0.717) is 12.2 Å². The maximum Gasteiger partial charge on any atom is 0.295 e. The number of carbonyl (C=O) groups is 1. The first-order chi connectivity index (χ1) is 8.22. The second kappa shape index (κ2) is 4.65. The molecule has 6 nitrogen and oxygen atoms in total. The van der Waals surface area contributed by atoms with E-state index in [2.05, 4.69) is 15.2 Å². The summed E-state index contributed by atoms with van der Waals surface area (Å²) in [7, 11) is 0. The van der Waals surface area contributed by atoms with Gasteiger partial charge in [-0.05, 0) is 19.1 Å². The van der Waals surface area contributed by atoms with Gasteiger partial charge in [0.05, 0.1) is 0 Å². The topological polar surface area (TPSA) is 82.1 Å². The van der Waals surface area contributed by atoms with Crippen molar-refractivity contribution in [3.05, 3.63) is 36.4 Å². The third kappa shape index (κ3) is 2.25. The zero-order chi connectivity index (χ0) is 12.3. The number of anilines is 1. The molecule has 17 heavy (non-hydrogen) atoms. The normalized spacial score (nSPS) is 10.2. The van der Waals surface area contributed by atoms with Crippen LogP contribution in [0.1, 0.15) is 17.5 Å². The largest absolute Gasteiger partial charge is 0.508 e. The van der Waals surface area contributed by atoms with Crippen LogP contribution in [0.2, 0.25) is 0 Å². The molecule has 1 amide bonds. The second-order valence-electron chi connectivity index (χ2n) is 3.40. The van der Waals surface area contributed by atoms with Gasteiger partial charge in [-0.3, -0.25) is 9.89 Å². The van der Waals surface area contributed by atoms with Crippen molar-refractivity contribution in [3.8, 4) is 5.75 Å². The first-order valence-electron chi connectivity index (χ1n) is 5.18. The van der Waals surface area contributed by atoms with Crippen molar-refractivity contribution in [2.75, 3.05) is 11.4 Å². The van der Waals surface area contributed by atoms with Gasteiger partial charge < -0.3 is 10.0 Å². The van der Waals surface area contributed by atoms with Crippen molar-refractivity contribution in [3.63, 3.8) is 0 Å². The summed E-state index contributed by atoms with van der Waals surface area (Å²) in [6.07, 6.45) is 1.28. The summed E-state index contributed by atoms with van der Waals surface area (Å²) in [4.78, 5) is 17.4. The van der Waals surface area contributed by atoms with Crippen molar-refractivity contribution >= 4 is 11.6 Å². The lowest BCUT2D eigenvalue weighted by Gasteiger charge is -2.19. The van der Waals surface area contributed by atoms with Crippen LogP contribution in [0.25, 0.3) is 0 Å².